The minimum atomic E-state index is -4.39. The van der Waals surface area contributed by atoms with Crippen LogP contribution in [0, 0.1) is 0 Å². The Morgan fingerprint density at radius 2 is 0.711 bits per heavy atom. The van der Waals surface area contributed by atoms with Crippen LogP contribution in [0.4, 0.5) is 0 Å². The molecule has 2 atom stereocenters. The molecule has 0 spiro atoms. The van der Waals surface area contributed by atoms with E-state index in [9.17, 15) is 19.0 Å². The molecule has 0 rings (SSSR count). The first-order chi connectivity index (χ1) is 37.0. The number of phosphoric acid groups is 1. The number of hydrogen-bond acceptors (Lipinski definition) is 7. The largest absolute Gasteiger partial charge is 0.472 e. The summed E-state index contributed by atoms with van der Waals surface area (Å²) < 4.78 is 34.6. The summed E-state index contributed by atoms with van der Waals surface area (Å²) in [5.41, 5.74) is 0. The van der Waals surface area contributed by atoms with E-state index in [-0.39, 0.29) is 32.0 Å². The number of allylic oxidation sites excluding steroid dienone is 12. The second kappa shape index (κ2) is 57.1. The van der Waals surface area contributed by atoms with Gasteiger partial charge in [0.15, 0.2) is 6.10 Å². The maximum atomic E-state index is 12.8. The average Bonchev–Trinajstić information content (AvgIpc) is 3.38. The minimum Gasteiger partial charge on any atom is -0.462 e. The standard InChI is InChI=1S/C66H120NO8P/c1-6-8-10-12-14-16-18-20-22-24-26-28-30-32-33-35-37-39-41-43-45-47-49-51-53-55-57-59-66(69)75-64(63-74-76(70,71)73-61-60-67(3,4)5)62-72-65(68)58-56-54-52-50-48-46-44-42-40-38-36-34-31-29-27-25-23-21-19-17-15-13-11-9-7-2/h18-21,24-27,30-32,34,64H,6-17,22-23,28-29,33,35-63H2,1-5H3/p+1/b20-18-,21-19-,26-24-,27-25-,32-30-,34-31-. The lowest BCUT2D eigenvalue weighted by Gasteiger charge is -2.24. The van der Waals surface area contributed by atoms with E-state index < -0.39 is 26.5 Å². The van der Waals surface area contributed by atoms with Crippen molar-refractivity contribution in [3.63, 3.8) is 0 Å². The van der Waals surface area contributed by atoms with Crippen LogP contribution in [-0.2, 0) is 32.7 Å². The van der Waals surface area contributed by atoms with Crippen LogP contribution in [-0.4, -0.2) is 74.9 Å². The van der Waals surface area contributed by atoms with Gasteiger partial charge in [0, 0.05) is 12.8 Å². The van der Waals surface area contributed by atoms with Gasteiger partial charge in [0.2, 0.25) is 0 Å². The molecular weight excluding hydrogens is 966 g/mol. The molecule has 0 aliphatic rings. The number of rotatable bonds is 58. The number of unbranched alkanes of at least 4 members (excludes halogenated alkanes) is 32. The summed E-state index contributed by atoms with van der Waals surface area (Å²) in [4.78, 5) is 35.8. The molecule has 0 amide bonds. The lowest BCUT2D eigenvalue weighted by Crippen LogP contribution is -2.37. The van der Waals surface area contributed by atoms with Crippen molar-refractivity contribution < 1.29 is 42.1 Å². The third-order valence-corrected chi connectivity index (χ3v) is 14.7. The summed E-state index contributed by atoms with van der Waals surface area (Å²) in [7, 11) is 1.47. The van der Waals surface area contributed by atoms with E-state index in [2.05, 4.69) is 86.8 Å². The van der Waals surface area contributed by atoms with E-state index in [0.29, 0.717) is 17.4 Å². The lowest BCUT2D eigenvalue weighted by molar-refractivity contribution is -0.870. The third-order valence-electron chi connectivity index (χ3n) is 13.7. The number of carbonyl (C=O) groups is 2. The third kappa shape index (κ3) is 60.7. The van der Waals surface area contributed by atoms with Gasteiger partial charge in [-0.3, -0.25) is 18.6 Å². The highest BCUT2D eigenvalue weighted by Gasteiger charge is 2.27. The van der Waals surface area contributed by atoms with Crippen LogP contribution in [0.2, 0.25) is 0 Å². The van der Waals surface area contributed by atoms with Gasteiger partial charge in [-0.05, 0) is 89.9 Å². The molecule has 0 saturated carbocycles. The zero-order valence-electron chi connectivity index (χ0n) is 50.2. The van der Waals surface area contributed by atoms with Gasteiger partial charge in [0.25, 0.3) is 0 Å². The van der Waals surface area contributed by atoms with Crippen molar-refractivity contribution in [1.82, 2.24) is 0 Å². The number of nitrogens with zero attached hydrogens (tertiary/aromatic N) is 1. The molecule has 0 saturated heterocycles. The predicted molar refractivity (Wildman–Crippen MR) is 326 cm³/mol. The van der Waals surface area contributed by atoms with Gasteiger partial charge >= 0.3 is 19.8 Å². The van der Waals surface area contributed by atoms with Gasteiger partial charge in [-0.15, -0.1) is 0 Å². The van der Waals surface area contributed by atoms with Crippen LogP contribution >= 0.6 is 7.82 Å². The van der Waals surface area contributed by atoms with E-state index in [1.165, 1.54) is 186 Å². The van der Waals surface area contributed by atoms with E-state index in [1.807, 2.05) is 21.1 Å². The Morgan fingerprint density at radius 3 is 1.05 bits per heavy atom. The van der Waals surface area contributed by atoms with Gasteiger partial charge in [0.05, 0.1) is 27.7 Å². The van der Waals surface area contributed by atoms with Crippen LogP contribution < -0.4 is 0 Å². The monoisotopic (exact) mass is 1090 g/mol. The molecule has 2 unspecified atom stereocenters. The highest BCUT2D eigenvalue weighted by atomic mass is 31.2. The number of phosphoric ester groups is 1. The van der Waals surface area contributed by atoms with Crippen LogP contribution in [0.15, 0.2) is 72.9 Å². The zero-order valence-corrected chi connectivity index (χ0v) is 51.1. The number of likely N-dealkylation sites (N-methyl/N-ethyl adjacent to an activating group) is 1. The van der Waals surface area contributed by atoms with Gasteiger partial charge in [-0.25, -0.2) is 4.57 Å². The number of hydrogen-bond donors (Lipinski definition) is 1. The molecule has 0 radical (unpaired) electrons. The molecule has 0 aromatic carbocycles. The summed E-state index contributed by atoms with van der Waals surface area (Å²) >= 11 is 0. The quantitative estimate of drug-likeness (QED) is 0.0211. The Balaban J connectivity index is 4.14. The van der Waals surface area contributed by atoms with Crippen LogP contribution in [0.5, 0.6) is 0 Å². The summed E-state index contributed by atoms with van der Waals surface area (Å²) in [6.45, 7) is 4.43. The Bertz CT molecular complexity index is 1510. The second-order valence-electron chi connectivity index (χ2n) is 22.4. The number of esters is 2. The van der Waals surface area contributed by atoms with E-state index in [1.54, 1.807) is 0 Å². The zero-order chi connectivity index (χ0) is 55.6. The Labute approximate surface area is 469 Å². The van der Waals surface area contributed by atoms with Crippen LogP contribution in [0.25, 0.3) is 0 Å². The molecule has 0 bridgehead atoms. The van der Waals surface area contributed by atoms with Crippen molar-refractivity contribution in [2.75, 3.05) is 47.5 Å². The van der Waals surface area contributed by atoms with Gasteiger partial charge in [-0.2, -0.15) is 0 Å². The van der Waals surface area contributed by atoms with Crippen molar-refractivity contribution in [2.45, 2.75) is 290 Å². The molecule has 0 aromatic heterocycles. The Morgan fingerprint density at radius 1 is 0.408 bits per heavy atom. The van der Waals surface area contributed by atoms with Crippen molar-refractivity contribution in [2.24, 2.45) is 0 Å². The Kier molecular flexibility index (Phi) is 55.2. The number of carbonyl (C=O) groups excluding carboxylic acids is 2. The molecule has 0 heterocycles. The summed E-state index contributed by atoms with van der Waals surface area (Å²) in [5, 5.41) is 0. The smallest absolute Gasteiger partial charge is 0.462 e. The van der Waals surface area contributed by atoms with Crippen molar-refractivity contribution in [3.05, 3.63) is 72.9 Å². The van der Waals surface area contributed by atoms with Gasteiger partial charge in [-0.1, -0.05) is 254 Å². The molecule has 0 aliphatic carbocycles. The van der Waals surface area contributed by atoms with Gasteiger partial charge < -0.3 is 18.9 Å². The van der Waals surface area contributed by atoms with Crippen molar-refractivity contribution in [3.8, 4) is 0 Å². The van der Waals surface area contributed by atoms with Crippen molar-refractivity contribution in [1.29, 1.82) is 0 Å². The fraction of sp³-hybridized carbons (Fsp3) is 0.788. The SMILES string of the molecule is CCCCCCC/C=C\C/C=C\C/C=C\CCCCCCCCCCCCCCC(=O)OC(COC(=O)CCCCCCCCCCCC/C=C\C/C=C\C/C=C\CCCCCCC)COP(=O)(O)OCC[N+](C)(C)C. The van der Waals surface area contributed by atoms with Gasteiger partial charge in [0.1, 0.15) is 19.8 Å². The first-order valence-electron chi connectivity index (χ1n) is 31.7. The molecule has 0 aromatic rings. The summed E-state index contributed by atoms with van der Waals surface area (Å²) in [6, 6.07) is 0. The normalized spacial score (nSPS) is 13.7. The molecule has 1 N–H and O–H groups in total. The summed E-state index contributed by atoms with van der Waals surface area (Å²) in [5.74, 6) is -0.798. The van der Waals surface area contributed by atoms with Crippen LogP contribution in [0.1, 0.15) is 284 Å². The van der Waals surface area contributed by atoms with Crippen LogP contribution in [0.3, 0.4) is 0 Å². The van der Waals surface area contributed by atoms with E-state index >= 15 is 0 Å². The fourth-order valence-electron chi connectivity index (χ4n) is 8.80. The topological polar surface area (TPSA) is 108 Å². The molecule has 0 aliphatic heterocycles. The first kappa shape index (κ1) is 73.5. The fourth-order valence-corrected chi connectivity index (χ4v) is 9.54. The average molecular weight is 1090 g/mol. The first-order valence-corrected chi connectivity index (χ1v) is 33.2. The number of ether oxygens (including phenoxy) is 2. The molecular formula is C66H121NO8P+. The molecule has 76 heavy (non-hydrogen) atoms. The predicted octanol–water partition coefficient (Wildman–Crippen LogP) is 20.0. The highest BCUT2D eigenvalue weighted by Crippen LogP contribution is 2.43. The second-order valence-corrected chi connectivity index (χ2v) is 23.9. The molecule has 10 heteroatoms. The molecule has 442 valence electrons. The Hall–Kier alpha value is -2.55. The number of quaternary nitrogens is 1. The highest BCUT2D eigenvalue weighted by molar-refractivity contribution is 7.47. The maximum absolute atomic E-state index is 12.8. The molecule has 9 nitrogen and oxygen atoms in total. The van der Waals surface area contributed by atoms with E-state index in [4.69, 9.17) is 18.5 Å². The summed E-state index contributed by atoms with van der Waals surface area (Å²) in [6.07, 6.45) is 75.4. The van der Waals surface area contributed by atoms with E-state index in [0.717, 1.165) is 64.2 Å². The van der Waals surface area contributed by atoms with Crippen molar-refractivity contribution >= 4 is 19.8 Å². The maximum Gasteiger partial charge on any atom is 0.472 e. The molecule has 0 fully saturated rings. The minimum absolute atomic E-state index is 0.0285. The lowest BCUT2D eigenvalue weighted by atomic mass is 10.0.